The van der Waals surface area contributed by atoms with Crippen LogP contribution in [0.15, 0.2) is 18.2 Å². The molecule has 3 nitrogen and oxygen atoms in total. The first-order valence-electron chi connectivity index (χ1n) is 4.29. The molecule has 0 aromatic heterocycles. The molecule has 0 fully saturated rings. The molecule has 1 rings (SSSR count). The summed E-state index contributed by atoms with van der Waals surface area (Å²) in [5.74, 6) is -3.11. The molecule has 1 atom stereocenters. The molecule has 0 radical (unpaired) electrons. The van der Waals surface area contributed by atoms with Crippen molar-refractivity contribution in [1.29, 1.82) is 0 Å². The van der Waals surface area contributed by atoms with Crippen molar-refractivity contribution < 1.29 is 18.7 Å². The third-order valence-electron chi connectivity index (χ3n) is 2.10. The predicted octanol–water partition coefficient (Wildman–Crippen LogP) is 2.04. The quantitative estimate of drug-likeness (QED) is 0.864. The molecule has 0 aliphatic heterocycles. The molecule has 0 saturated heterocycles. The van der Waals surface area contributed by atoms with Crippen LogP contribution in [0.1, 0.15) is 18.9 Å². The van der Waals surface area contributed by atoms with Gasteiger partial charge in [0, 0.05) is 5.54 Å². The van der Waals surface area contributed by atoms with E-state index in [9.17, 15) is 13.6 Å². The average Bonchev–Trinajstić information content (AvgIpc) is 2.07. The van der Waals surface area contributed by atoms with Crippen LogP contribution in [-0.2, 0) is 10.3 Å². The van der Waals surface area contributed by atoms with Crippen molar-refractivity contribution in [2.75, 3.05) is 0 Å². The highest BCUT2D eigenvalue weighted by Gasteiger charge is 2.25. The fourth-order valence-electron chi connectivity index (χ4n) is 1.27. The number of carbonyl (C=O) groups is 1. The van der Waals surface area contributed by atoms with Gasteiger partial charge in [0.1, 0.15) is 0 Å². The van der Waals surface area contributed by atoms with Crippen molar-refractivity contribution in [1.82, 2.24) is 0 Å². The molecule has 1 unspecified atom stereocenters. The smallest absolute Gasteiger partial charge is 0.305 e. The van der Waals surface area contributed by atoms with Crippen molar-refractivity contribution >= 4 is 18.4 Å². The van der Waals surface area contributed by atoms with Crippen LogP contribution in [0, 0.1) is 11.6 Å². The highest BCUT2D eigenvalue weighted by molar-refractivity contribution is 5.85. The summed E-state index contributed by atoms with van der Waals surface area (Å²) in [7, 11) is 0. The van der Waals surface area contributed by atoms with E-state index in [4.69, 9.17) is 10.8 Å². The summed E-state index contributed by atoms with van der Waals surface area (Å²) in [6.45, 7) is 1.45. The van der Waals surface area contributed by atoms with Crippen LogP contribution < -0.4 is 5.73 Å². The van der Waals surface area contributed by atoms with Gasteiger partial charge in [0.2, 0.25) is 0 Å². The van der Waals surface area contributed by atoms with E-state index in [1.165, 1.54) is 13.0 Å². The van der Waals surface area contributed by atoms with Crippen molar-refractivity contribution in [2.24, 2.45) is 5.73 Å². The van der Waals surface area contributed by atoms with Gasteiger partial charge in [-0.3, -0.25) is 4.79 Å². The summed E-state index contributed by atoms with van der Waals surface area (Å²) < 4.78 is 25.5. The van der Waals surface area contributed by atoms with Gasteiger partial charge in [-0.2, -0.15) is 0 Å². The zero-order valence-corrected chi connectivity index (χ0v) is 9.35. The van der Waals surface area contributed by atoms with Crippen LogP contribution >= 0.6 is 12.4 Å². The van der Waals surface area contributed by atoms with Gasteiger partial charge in [0.25, 0.3) is 0 Å². The summed E-state index contributed by atoms with van der Waals surface area (Å²) in [5, 5.41) is 8.59. The van der Waals surface area contributed by atoms with E-state index < -0.39 is 23.1 Å². The number of carboxylic acid groups (broad SMARTS) is 1. The van der Waals surface area contributed by atoms with Gasteiger partial charge in [-0.1, -0.05) is 6.07 Å². The summed E-state index contributed by atoms with van der Waals surface area (Å²) in [5.41, 5.74) is 4.73. The number of aliphatic carboxylic acids is 1. The lowest BCUT2D eigenvalue weighted by Crippen LogP contribution is -2.35. The van der Waals surface area contributed by atoms with E-state index in [-0.39, 0.29) is 24.4 Å². The van der Waals surface area contributed by atoms with Gasteiger partial charge >= 0.3 is 5.97 Å². The van der Waals surface area contributed by atoms with Crippen LogP contribution in [0.3, 0.4) is 0 Å². The molecule has 3 N–H and O–H groups in total. The molecule has 0 bridgehead atoms. The highest BCUT2D eigenvalue weighted by atomic mass is 35.5. The Morgan fingerprint density at radius 1 is 1.44 bits per heavy atom. The molecular formula is C10H12ClF2NO2. The number of halogens is 3. The Morgan fingerprint density at radius 2 is 2.00 bits per heavy atom. The van der Waals surface area contributed by atoms with E-state index in [1.807, 2.05) is 0 Å². The normalized spacial score (nSPS) is 13.8. The second-order valence-corrected chi connectivity index (χ2v) is 3.62. The maximum Gasteiger partial charge on any atom is 0.305 e. The molecule has 0 aliphatic rings. The Hall–Kier alpha value is -1.20. The van der Waals surface area contributed by atoms with Crippen LogP contribution in [0.25, 0.3) is 0 Å². The largest absolute Gasteiger partial charge is 0.481 e. The summed E-state index contributed by atoms with van der Waals surface area (Å²) in [6.07, 6.45) is -0.349. The lowest BCUT2D eigenvalue weighted by atomic mass is 9.90. The minimum Gasteiger partial charge on any atom is -0.481 e. The number of rotatable bonds is 3. The van der Waals surface area contributed by atoms with Crippen molar-refractivity contribution in [2.45, 2.75) is 18.9 Å². The number of hydrogen-bond donors (Lipinski definition) is 2. The second kappa shape index (κ2) is 5.23. The molecule has 90 valence electrons. The first-order chi connectivity index (χ1) is 6.83. The molecule has 16 heavy (non-hydrogen) atoms. The van der Waals surface area contributed by atoms with Crippen LogP contribution in [-0.4, -0.2) is 11.1 Å². The molecule has 0 aliphatic carbocycles. The summed E-state index contributed by atoms with van der Waals surface area (Å²) >= 11 is 0. The van der Waals surface area contributed by atoms with Gasteiger partial charge < -0.3 is 10.8 Å². The molecule has 1 aromatic carbocycles. The van der Waals surface area contributed by atoms with E-state index in [0.29, 0.717) is 0 Å². The summed E-state index contributed by atoms with van der Waals surface area (Å²) in [6, 6.07) is 3.12. The van der Waals surface area contributed by atoms with Gasteiger partial charge in [0.15, 0.2) is 11.6 Å². The standard InChI is InChI=1S/C10H11F2NO2.ClH/c1-10(13,5-9(14)15)6-2-3-7(11)8(12)4-6;/h2-4H,5,13H2,1H3,(H,14,15);1H. The molecule has 0 heterocycles. The lowest BCUT2D eigenvalue weighted by molar-refractivity contribution is -0.138. The Balaban J connectivity index is 0.00000225. The monoisotopic (exact) mass is 251 g/mol. The fraction of sp³-hybridized carbons (Fsp3) is 0.300. The Labute approximate surface area is 97.7 Å². The fourth-order valence-corrected chi connectivity index (χ4v) is 1.27. The lowest BCUT2D eigenvalue weighted by Gasteiger charge is -2.23. The minimum atomic E-state index is -1.21. The molecule has 1 aromatic rings. The van der Waals surface area contributed by atoms with Gasteiger partial charge in [-0.05, 0) is 24.6 Å². The zero-order chi connectivity index (χ0) is 11.6. The third-order valence-corrected chi connectivity index (χ3v) is 2.10. The SMILES string of the molecule is CC(N)(CC(=O)O)c1ccc(F)c(F)c1.Cl. The maximum absolute atomic E-state index is 12.9. The van der Waals surface area contributed by atoms with Crippen molar-refractivity contribution in [3.8, 4) is 0 Å². The number of nitrogens with two attached hydrogens (primary N) is 1. The number of carboxylic acids is 1. The van der Waals surface area contributed by atoms with E-state index >= 15 is 0 Å². The first-order valence-corrected chi connectivity index (χ1v) is 4.29. The van der Waals surface area contributed by atoms with Crippen LogP contribution in [0.2, 0.25) is 0 Å². The Bertz CT molecular complexity index is 396. The molecule has 0 spiro atoms. The van der Waals surface area contributed by atoms with E-state index in [2.05, 4.69) is 0 Å². The van der Waals surface area contributed by atoms with E-state index in [1.54, 1.807) is 0 Å². The highest BCUT2D eigenvalue weighted by Crippen LogP contribution is 2.23. The Morgan fingerprint density at radius 3 is 2.44 bits per heavy atom. The molecule has 0 amide bonds. The van der Waals surface area contributed by atoms with Gasteiger partial charge in [-0.15, -0.1) is 12.4 Å². The molecule has 6 heteroatoms. The zero-order valence-electron chi connectivity index (χ0n) is 8.54. The van der Waals surface area contributed by atoms with Crippen LogP contribution in [0.5, 0.6) is 0 Å². The average molecular weight is 252 g/mol. The first kappa shape index (κ1) is 14.8. The third kappa shape index (κ3) is 3.43. The van der Waals surface area contributed by atoms with Gasteiger partial charge in [-0.25, -0.2) is 8.78 Å². The van der Waals surface area contributed by atoms with Gasteiger partial charge in [0.05, 0.1) is 6.42 Å². The van der Waals surface area contributed by atoms with Crippen LogP contribution in [0.4, 0.5) is 8.78 Å². The number of hydrogen-bond acceptors (Lipinski definition) is 2. The minimum absolute atomic E-state index is 0. The maximum atomic E-state index is 12.9. The Kier molecular flexibility index (Phi) is 4.83. The second-order valence-electron chi connectivity index (χ2n) is 3.62. The van der Waals surface area contributed by atoms with E-state index in [0.717, 1.165) is 12.1 Å². The predicted molar refractivity (Wildman–Crippen MR) is 57.4 cm³/mol. The molecular weight excluding hydrogens is 240 g/mol. The van der Waals surface area contributed by atoms with Crippen molar-refractivity contribution in [3.05, 3.63) is 35.4 Å². The summed E-state index contributed by atoms with van der Waals surface area (Å²) in [4.78, 5) is 10.5. The van der Waals surface area contributed by atoms with Crippen molar-refractivity contribution in [3.63, 3.8) is 0 Å². The number of benzene rings is 1. The molecule has 0 saturated carbocycles. The topological polar surface area (TPSA) is 63.3 Å².